The molecule has 4 amide bonds. The maximum atomic E-state index is 14.3. The molecule has 2 saturated carbocycles. The lowest BCUT2D eigenvalue weighted by atomic mass is 9.83. The van der Waals surface area contributed by atoms with E-state index in [1.54, 1.807) is 48.5 Å². The topological polar surface area (TPSA) is 180 Å². The molecule has 2 aliphatic carbocycles. The lowest BCUT2D eigenvalue weighted by molar-refractivity contribution is -0.164. The number of fused-ring (bicyclic) bond motifs is 1. The zero-order valence-electron chi connectivity index (χ0n) is 29.6. The molecule has 0 aromatic heterocycles. The van der Waals surface area contributed by atoms with Crippen LogP contribution in [0.2, 0.25) is 0 Å². The monoisotopic (exact) mass is 664 g/mol. The van der Waals surface area contributed by atoms with Gasteiger partial charge in [-0.1, -0.05) is 46.5 Å². The molecule has 3 aliphatic rings. The van der Waals surface area contributed by atoms with Crippen LogP contribution in [0.25, 0.3) is 0 Å². The van der Waals surface area contributed by atoms with E-state index in [2.05, 4.69) is 16.0 Å². The molecule has 266 valence electrons. The summed E-state index contributed by atoms with van der Waals surface area (Å²) in [6.07, 6.45) is 2.72. The van der Waals surface area contributed by atoms with Crippen molar-refractivity contribution in [1.29, 1.82) is 0 Å². The Hall–Kier alpha value is -3.22. The van der Waals surface area contributed by atoms with Crippen molar-refractivity contribution in [3.8, 4) is 0 Å². The van der Waals surface area contributed by atoms with E-state index >= 15 is 0 Å². The zero-order valence-corrected chi connectivity index (χ0v) is 29.6. The number of ketones is 1. The molecule has 0 aromatic rings. The van der Waals surface area contributed by atoms with Crippen molar-refractivity contribution in [2.45, 2.75) is 143 Å². The summed E-state index contributed by atoms with van der Waals surface area (Å²) in [6.45, 7) is 15.8. The average molecular weight is 665 g/mol. The number of alkyl carbamates (subject to hydrolysis) is 1. The number of piperidine rings is 1. The largest absolute Gasteiger partial charge is 0.458 e. The summed E-state index contributed by atoms with van der Waals surface area (Å²) in [7, 11) is 0. The van der Waals surface area contributed by atoms with Crippen molar-refractivity contribution in [2.75, 3.05) is 13.1 Å². The minimum Gasteiger partial charge on any atom is -0.458 e. The Labute approximate surface area is 278 Å². The third kappa shape index (κ3) is 9.90. The lowest BCUT2D eigenvalue weighted by Gasteiger charge is -2.37. The van der Waals surface area contributed by atoms with Crippen molar-refractivity contribution >= 4 is 35.6 Å². The maximum absolute atomic E-state index is 14.3. The van der Waals surface area contributed by atoms with Gasteiger partial charge in [0.1, 0.15) is 23.3 Å². The first-order valence-electron chi connectivity index (χ1n) is 17.0. The summed E-state index contributed by atoms with van der Waals surface area (Å²) < 4.78 is 10.6. The van der Waals surface area contributed by atoms with Crippen LogP contribution in [0, 0.1) is 23.2 Å². The van der Waals surface area contributed by atoms with E-state index in [9.17, 15) is 33.9 Å². The normalized spacial score (nSPS) is 24.2. The molecule has 3 fully saturated rings. The number of nitrogens with one attached hydrogen (secondary N) is 3. The molecule has 13 nitrogen and oxygen atoms in total. The number of aliphatic hydroxyl groups is 1. The molecule has 47 heavy (non-hydrogen) atoms. The summed E-state index contributed by atoms with van der Waals surface area (Å²) in [4.78, 5) is 80.8. The molecule has 2 unspecified atom stereocenters. The molecular weight excluding hydrogens is 608 g/mol. The number of Topliss-reactive ketones (excluding diaryl/α,β-unsaturated/α-hetero) is 1. The number of nitrogens with zero attached hydrogens (tertiary/aromatic N) is 1. The van der Waals surface area contributed by atoms with Crippen LogP contribution in [0.15, 0.2) is 0 Å². The molecule has 0 radical (unpaired) electrons. The average Bonchev–Trinajstić information content (AvgIpc) is 3.27. The van der Waals surface area contributed by atoms with Crippen molar-refractivity contribution in [3.63, 3.8) is 0 Å². The van der Waals surface area contributed by atoms with E-state index < -0.39 is 71.6 Å². The molecule has 4 N–H and O–H groups in total. The minimum absolute atomic E-state index is 0.0636. The molecule has 1 heterocycles. The molecule has 1 saturated heterocycles. The van der Waals surface area contributed by atoms with Crippen LogP contribution < -0.4 is 16.0 Å². The Morgan fingerprint density at radius 3 is 2.06 bits per heavy atom. The summed E-state index contributed by atoms with van der Waals surface area (Å²) in [5.41, 5.74) is -1.81. The third-order valence-corrected chi connectivity index (χ3v) is 9.39. The summed E-state index contributed by atoms with van der Waals surface area (Å²) >= 11 is 0. The highest BCUT2D eigenvalue weighted by Crippen LogP contribution is 2.65. The lowest BCUT2D eigenvalue weighted by Crippen LogP contribution is -2.60. The van der Waals surface area contributed by atoms with Gasteiger partial charge in [0.15, 0.2) is 6.10 Å². The number of hydrogen-bond donors (Lipinski definition) is 4. The van der Waals surface area contributed by atoms with Gasteiger partial charge < -0.3 is 35.4 Å². The van der Waals surface area contributed by atoms with Gasteiger partial charge in [0, 0.05) is 6.54 Å². The van der Waals surface area contributed by atoms with E-state index in [1.165, 1.54) is 4.90 Å². The Morgan fingerprint density at radius 2 is 1.51 bits per heavy atom. The van der Waals surface area contributed by atoms with Gasteiger partial charge in [0.05, 0.1) is 12.6 Å². The van der Waals surface area contributed by atoms with Crippen molar-refractivity contribution < 1.29 is 43.3 Å². The molecule has 6 atom stereocenters. The van der Waals surface area contributed by atoms with E-state index in [4.69, 9.17) is 9.47 Å². The highest BCUT2D eigenvalue weighted by atomic mass is 16.6. The molecule has 3 rings (SSSR count). The maximum Gasteiger partial charge on any atom is 0.408 e. The van der Waals surface area contributed by atoms with Crippen molar-refractivity contribution in [1.82, 2.24) is 20.9 Å². The number of amides is 4. The first kappa shape index (κ1) is 38.2. The van der Waals surface area contributed by atoms with Crippen LogP contribution >= 0.6 is 0 Å². The highest BCUT2D eigenvalue weighted by molar-refractivity contribution is 6.38. The van der Waals surface area contributed by atoms with Gasteiger partial charge in [-0.15, -0.1) is 0 Å². The summed E-state index contributed by atoms with van der Waals surface area (Å²) in [5.74, 6) is -4.01. The number of carbonyl (C=O) groups is 6. The number of rotatable bonds is 12. The van der Waals surface area contributed by atoms with Crippen LogP contribution in [-0.4, -0.2) is 94.1 Å². The van der Waals surface area contributed by atoms with E-state index in [0.717, 1.165) is 32.1 Å². The van der Waals surface area contributed by atoms with Crippen LogP contribution in [-0.2, 0) is 33.4 Å². The fraction of sp³-hybridized carbons (Fsp3) is 0.824. The number of ether oxygens (including phenoxy) is 2. The smallest absolute Gasteiger partial charge is 0.408 e. The van der Waals surface area contributed by atoms with E-state index in [0.29, 0.717) is 13.0 Å². The Morgan fingerprint density at radius 1 is 0.915 bits per heavy atom. The van der Waals surface area contributed by atoms with Gasteiger partial charge in [-0.05, 0) is 84.0 Å². The van der Waals surface area contributed by atoms with Crippen molar-refractivity contribution in [2.24, 2.45) is 23.2 Å². The number of esters is 1. The predicted molar refractivity (Wildman–Crippen MR) is 173 cm³/mol. The van der Waals surface area contributed by atoms with E-state index in [1.807, 2.05) is 13.8 Å². The van der Waals surface area contributed by atoms with Gasteiger partial charge in [0.2, 0.25) is 17.6 Å². The second kappa shape index (κ2) is 14.9. The van der Waals surface area contributed by atoms with Gasteiger partial charge >= 0.3 is 12.1 Å². The quantitative estimate of drug-likeness (QED) is 0.180. The number of aliphatic hydroxyl groups excluding tert-OH is 1. The van der Waals surface area contributed by atoms with Gasteiger partial charge in [0.25, 0.3) is 5.91 Å². The highest BCUT2D eigenvalue weighted by Gasteiger charge is 2.69. The second-order valence-electron chi connectivity index (χ2n) is 15.9. The minimum atomic E-state index is -1.68. The molecule has 1 aliphatic heterocycles. The Kier molecular flexibility index (Phi) is 12.1. The zero-order chi connectivity index (χ0) is 35.5. The summed E-state index contributed by atoms with van der Waals surface area (Å²) in [6, 6.07) is -2.94. The first-order valence-corrected chi connectivity index (χ1v) is 17.0. The molecule has 13 heteroatoms. The summed E-state index contributed by atoms with van der Waals surface area (Å²) in [5, 5.41) is 17.9. The SMILES string of the molecule is CCCC(NC(=O)[C@@H]1[C@@H]2[C@H](CN1C(=O)[C@@H](NC(=O)OC(C)(C)C)C1CCCCC1)C2(C)C)C(=O)C(=O)NCC(O)C(=O)OC(C)(C)C. The number of carbonyl (C=O) groups excluding carboxylic acids is 6. The Balaban J connectivity index is 1.76. The number of hydrogen-bond acceptors (Lipinski definition) is 9. The fourth-order valence-electron chi connectivity index (χ4n) is 6.98. The molecule has 0 bridgehead atoms. The van der Waals surface area contributed by atoms with E-state index in [-0.39, 0.29) is 35.5 Å². The van der Waals surface area contributed by atoms with Crippen LogP contribution in [0.3, 0.4) is 0 Å². The fourth-order valence-corrected chi connectivity index (χ4v) is 6.98. The second-order valence-corrected chi connectivity index (χ2v) is 15.9. The van der Waals surface area contributed by atoms with Gasteiger partial charge in [-0.2, -0.15) is 0 Å². The van der Waals surface area contributed by atoms with Crippen molar-refractivity contribution in [3.05, 3.63) is 0 Å². The van der Waals surface area contributed by atoms with Crippen LogP contribution in [0.5, 0.6) is 0 Å². The Bertz CT molecular complexity index is 1200. The van der Waals surface area contributed by atoms with Gasteiger partial charge in [-0.25, -0.2) is 9.59 Å². The number of likely N-dealkylation sites (tertiary alicyclic amines) is 1. The molecule has 0 aromatic carbocycles. The standard InChI is InChI=1S/C34H56N4O9/c1-10-14-21(26(40)28(42)35-17-22(39)30(44)46-32(2,3)4)36-27(41)25-23-20(34(23,8)9)18-38(25)29(43)24(19-15-12-11-13-16-19)37-31(45)47-33(5,6)7/h19-25,39H,10-18H2,1-9H3,(H,35,42)(H,36,41)(H,37,45)/t20-,21?,22?,23-,24-,25-/m0/s1. The van der Waals surface area contributed by atoms with Gasteiger partial charge in [-0.3, -0.25) is 19.2 Å². The third-order valence-electron chi connectivity index (χ3n) is 9.39. The predicted octanol–water partition coefficient (Wildman–Crippen LogP) is 2.62. The van der Waals surface area contributed by atoms with Crippen LogP contribution in [0.4, 0.5) is 4.79 Å². The molecular formula is C34H56N4O9. The van der Waals surface area contributed by atoms with Crippen LogP contribution in [0.1, 0.15) is 107 Å². The molecule has 0 spiro atoms. The first-order chi connectivity index (χ1) is 21.7.